The molecule has 242 valence electrons. The molecule has 1 fully saturated rings. The standard InChI is InChI=1S/C36H50N6O3/c1-23(2)44-21-29(22-45-34-17-30(39-40-34)35-24(3)10-9-11-25(35)4)42(19-32(43)27-12-7-6-8-13-27)20-33-37-18-28-16-31(26-14-15-26)41(5)36(28)38-33/h7,10,12-13,16-18,23,26,29-30,33,36-38H,6,8-9,11,14-15,19-22H2,1-5H3. The Morgan fingerprint density at radius 2 is 2.00 bits per heavy atom. The van der Waals surface area contributed by atoms with Crippen molar-refractivity contribution in [2.45, 2.75) is 96.7 Å². The van der Waals surface area contributed by atoms with Crippen LogP contribution in [0.2, 0.25) is 0 Å². The SMILES string of the molecule is CC1=CCCC(C)=C1C1C=C(OCC(COC(C)C)N(CC(=O)C2=CCCC=C2)CC2NC=C3C=C(C4CC4)N(C)C3N2)N=N1. The number of nitrogens with one attached hydrogen (secondary N) is 2. The molecule has 1 saturated carbocycles. The maximum atomic E-state index is 13.6. The molecule has 6 rings (SSSR count). The van der Waals surface area contributed by atoms with Crippen LogP contribution in [-0.4, -0.2) is 79.5 Å². The van der Waals surface area contributed by atoms with Crippen molar-refractivity contribution in [2.75, 3.05) is 33.4 Å². The van der Waals surface area contributed by atoms with Gasteiger partial charge in [-0.3, -0.25) is 15.0 Å². The Morgan fingerprint density at radius 3 is 2.73 bits per heavy atom. The number of nitrogens with zero attached hydrogens (tertiary/aromatic N) is 4. The second-order valence-electron chi connectivity index (χ2n) is 13.5. The Balaban J connectivity index is 1.18. The number of hydrogen-bond donors (Lipinski definition) is 2. The monoisotopic (exact) mass is 614 g/mol. The topological polar surface area (TPSA) is 90.8 Å². The van der Waals surface area contributed by atoms with E-state index in [4.69, 9.17) is 9.47 Å². The highest BCUT2D eigenvalue weighted by Crippen LogP contribution is 2.42. The number of ketones is 1. The van der Waals surface area contributed by atoms with Crippen LogP contribution in [0.25, 0.3) is 0 Å². The lowest BCUT2D eigenvalue weighted by Gasteiger charge is -2.39. The Bertz CT molecular complexity index is 1390. The molecule has 0 amide bonds. The highest BCUT2D eigenvalue weighted by molar-refractivity contribution is 5.99. The molecule has 4 atom stereocenters. The van der Waals surface area contributed by atoms with Gasteiger partial charge < -0.3 is 19.7 Å². The molecule has 45 heavy (non-hydrogen) atoms. The first kappa shape index (κ1) is 31.7. The van der Waals surface area contributed by atoms with E-state index in [-0.39, 0.29) is 42.8 Å². The highest BCUT2D eigenvalue weighted by Gasteiger charge is 2.39. The average molecular weight is 615 g/mol. The van der Waals surface area contributed by atoms with E-state index < -0.39 is 0 Å². The molecule has 6 aliphatic rings. The fourth-order valence-electron chi connectivity index (χ4n) is 6.91. The van der Waals surface area contributed by atoms with E-state index in [1.54, 1.807) is 0 Å². The third-order valence-corrected chi connectivity index (χ3v) is 9.60. The molecule has 4 unspecified atom stereocenters. The molecule has 0 aromatic carbocycles. The number of Topliss-reactive ketones (excluding diaryl/α,β-unsaturated/α-hetero) is 1. The van der Waals surface area contributed by atoms with Gasteiger partial charge in [0.25, 0.3) is 0 Å². The summed E-state index contributed by atoms with van der Waals surface area (Å²) in [5, 5.41) is 16.4. The van der Waals surface area contributed by atoms with Crippen LogP contribution in [0.4, 0.5) is 0 Å². The molecule has 0 aromatic heterocycles. The van der Waals surface area contributed by atoms with Gasteiger partial charge in [0.2, 0.25) is 5.88 Å². The molecular weight excluding hydrogens is 564 g/mol. The van der Waals surface area contributed by atoms with Crippen LogP contribution in [0.1, 0.15) is 66.2 Å². The predicted octanol–water partition coefficient (Wildman–Crippen LogP) is 5.64. The second-order valence-corrected chi connectivity index (χ2v) is 13.5. The Labute approximate surface area is 268 Å². The second kappa shape index (κ2) is 14.0. The van der Waals surface area contributed by atoms with Gasteiger partial charge in [-0.25, -0.2) is 0 Å². The molecule has 0 aromatic rings. The van der Waals surface area contributed by atoms with Gasteiger partial charge in [0, 0.05) is 42.7 Å². The smallest absolute Gasteiger partial charge is 0.231 e. The molecular formula is C36H50N6O3. The first-order valence-corrected chi connectivity index (χ1v) is 16.8. The van der Waals surface area contributed by atoms with Crippen molar-refractivity contribution >= 4 is 5.78 Å². The molecule has 9 nitrogen and oxygen atoms in total. The number of carbonyl (C=O) groups is 1. The number of fused-ring (bicyclic) bond motifs is 1. The minimum Gasteiger partial charge on any atom is -0.475 e. The van der Waals surface area contributed by atoms with Crippen LogP contribution in [0.3, 0.4) is 0 Å². The maximum Gasteiger partial charge on any atom is 0.231 e. The summed E-state index contributed by atoms with van der Waals surface area (Å²) in [5.74, 6) is 1.33. The summed E-state index contributed by atoms with van der Waals surface area (Å²) in [4.78, 5) is 18.2. The first-order chi connectivity index (χ1) is 21.8. The summed E-state index contributed by atoms with van der Waals surface area (Å²) in [5.41, 5.74) is 7.36. The van der Waals surface area contributed by atoms with Gasteiger partial charge in [-0.1, -0.05) is 29.9 Å². The minimum absolute atomic E-state index is 0.0512. The van der Waals surface area contributed by atoms with E-state index in [2.05, 4.69) is 82.1 Å². The van der Waals surface area contributed by atoms with Crippen LogP contribution in [0, 0.1) is 5.92 Å². The summed E-state index contributed by atoms with van der Waals surface area (Å²) in [6.45, 7) is 10.1. The van der Waals surface area contributed by atoms with Gasteiger partial charge in [0.1, 0.15) is 18.8 Å². The number of likely N-dealkylation sites (N-methyl/N-ethyl adjacent to an activating group) is 1. The molecule has 3 heterocycles. The molecule has 3 aliphatic carbocycles. The first-order valence-electron chi connectivity index (χ1n) is 16.8. The Hall–Kier alpha value is -3.27. The van der Waals surface area contributed by atoms with Crippen molar-refractivity contribution in [1.29, 1.82) is 0 Å². The number of allylic oxidation sites excluding steroid dienone is 6. The summed E-state index contributed by atoms with van der Waals surface area (Å²) in [6.07, 6.45) is 21.6. The summed E-state index contributed by atoms with van der Waals surface area (Å²) >= 11 is 0. The lowest BCUT2D eigenvalue weighted by atomic mass is 9.88. The lowest BCUT2D eigenvalue weighted by molar-refractivity contribution is -0.118. The maximum absolute atomic E-state index is 13.6. The van der Waals surface area contributed by atoms with Crippen molar-refractivity contribution in [2.24, 2.45) is 16.1 Å². The fraction of sp³-hybridized carbons (Fsp3) is 0.583. The Kier molecular flexibility index (Phi) is 9.87. The van der Waals surface area contributed by atoms with Crippen molar-refractivity contribution in [3.8, 4) is 0 Å². The van der Waals surface area contributed by atoms with Crippen LogP contribution < -0.4 is 10.6 Å². The van der Waals surface area contributed by atoms with Gasteiger partial charge in [0.15, 0.2) is 5.78 Å². The molecule has 0 bridgehead atoms. The summed E-state index contributed by atoms with van der Waals surface area (Å²) < 4.78 is 12.5. The van der Waals surface area contributed by atoms with Crippen molar-refractivity contribution in [1.82, 2.24) is 20.4 Å². The Morgan fingerprint density at radius 1 is 1.16 bits per heavy atom. The highest BCUT2D eigenvalue weighted by atomic mass is 16.5. The zero-order valence-corrected chi connectivity index (χ0v) is 27.6. The van der Waals surface area contributed by atoms with Crippen LogP contribution in [0.5, 0.6) is 0 Å². The number of carbonyl (C=O) groups excluding carboxylic acids is 1. The number of rotatable bonds is 14. The number of hydrogen-bond acceptors (Lipinski definition) is 9. The largest absolute Gasteiger partial charge is 0.475 e. The van der Waals surface area contributed by atoms with Crippen LogP contribution >= 0.6 is 0 Å². The van der Waals surface area contributed by atoms with Crippen molar-refractivity contribution in [3.63, 3.8) is 0 Å². The fourth-order valence-corrected chi connectivity index (χ4v) is 6.91. The van der Waals surface area contributed by atoms with E-state index in [0.29, 0.717) is 31.6 Å². The quantitative estimate of drug-likeness (QED) is 0.262. The van der Waals surface area contributed by atoms with Gasteiger partial charge in [-0.15, -0.1) is 5.11 Å². The normalized spacial score (nSPS) is 26.8. The van der Waals surface area contributed by atoms with E-state index in [0.717, 1.165) is 31.3 Å². The van der Waals surface area contributed by atoms with E-state index in [9.17, 15) is 4.79 Å². The van der Waals surface area contributed by atoms with Gasteiger partial charge in [0.05, 0.1) is 31.5 Å². The molecule has 2 N–H and O–H groups in total. The van der Waals surface area contributed by atoms with Gasteiger partial charge in [-0.2, -0.15) is 5.11 Å². The molecule has 3 aliphatic heterocycles. The van der Waals surface area contributed by atoms with Crippen LogP contribution in [-0.2, 0) is 14.3 Å². The van der Waals surface area contributed by atoms with E-state index in [1.807, 2.05) is 26.0 Å². The zero-order chi connectivity index (χ0) is 31.5. The average Bonchev–Trinajstić information content (AvgIpc) is 3.68. The number of azo groups is 1. The van der Waals surface area contributed by atoms with Gasteiger partial charge >= 0.3 is 0 Å². The molecule has 0 saturated heterocycles. The number of ether oxygens (including phenoxy) is 2. The van der Waals surface area contributed by atoms with Crippen molar-refractivity contribution in [3.05, 3.63) is 82.1 Å². The summed E-state index contributed by atoms with van der Waals surface area (Å²) in [7, 11) is 2.18. The minimum atomic E-state index is -0.174. The molecule has 0 radical (unpaired) electrons. The van der Waals surface area contributed by atoms with Crippen LogP contribution in [0.15, 0.2) is 92.3 Å². The van der Waals surface area contributed by atoms with Crippen molar-refractivity contribution < 1.29 is 14.3 Å². The third-order valence-electron chi connectivity index (χ3n) is 9.60. The van der Waals surface area contributed by atoms with E-state index >= 15 is 0 Å². The predicted molar refractivity (Wildman–Crippen MR) is 177 cm³/mol. The third kappa shape index (κ3) is 7.59. The molecule has 0 spiro atoms. The summed E-state index contributed by atoms with van der Waals surface area (Å²) in [6, 6.07) is -0.286. The van der Waals surface area contributed by atoms with Gasteiger partial charge in [-0.05, 0) is 89.4 Å². The zero-order valence-electron chi connectivity index (χ0n) is 27.6. The van der Waals surface area contributed by atoms with E-state index in [1.165, 1.54) is 40.8 Å². The lowest BCUT2D eigenvalue weighted by Crippen LogP contribution is -2.60. The molecule has 9 heteroatoms.